The second kappa shape index (κ2) is 10.3. The fraction of sp³-hybridized carbons (Fsp3) is 0.588. The number of aromatic amines is 1. The average Bonchev–Trinajstić information content (AvgIpc) is 3.44. The number of aromatic nitrogens is 1. The number of fused-ring (bicyclic) bond motifs is 4. The van der Waals surface area contributed by atoms with Gasteiger partial charge in [0.15, 0.2) is 0 Å². The lowest BCUT2D eigenvalue weighted by Gasteiger charge is -2.34. The third-order valence-electron chi connectivity index (χ3n) is 10.4. The van der Waals surface area contributed by atoms with E-state index in [0.717, 1.165) is 42.7 Å². The van der Waals surface area contributed by atoms with Crippen molar-refractivity contribution >= 4 is 28.5 Å². The summed E-state index contributed by atoms with van der Waals surface area (Å²) in [5, 5.41) is 1.42. The molecule has 200 valence electrons. The Labute approximate surface area is 228 Å². The van der Waals surface area contributed by atoms with Crippen LogP contribution >= 0.6 is 0 Å². The number of H-pyrrole nitrogens is 1. The Morgan fingerprint density at radius 1 is 1.00 bits per heavy atom. The van der Waals surface area contributed by atoms with Crippen LogP contribution in [0.15, 0.2) is 46.4 Å². The Bertz CT molecular complexity index is 1290. The molecular formula is C34H44N4. The number of hydrogen-bond donors (Lipinski definition) is 1. The molecule has 4 heteroatoms. The molecule has 3 heterocycles. The SMILES string of the molecule is CC(C)c1c(C2=C/CCC3CC(=NC=N3)/C=C\2)[nH]c2ccc(C3CCN(CC4CC5CCC5C4)CC3)cc12. The highest BCUT2D eigenvalue weighted by molar-refractivity contribution is 6.03. The van der Waals surface area contributed by atoms with Gasteiger partial charge < -0.3 is 9.88 Å². The minimum Gasteiger partial charge on any atom is -0.354 e. The Morgan fingerprint density at radius 2 is 1.82 bits per heavy atom. The van der Waals surface area contributed by atoms with Crippen LogP contribution in [0, 0.1) is 17.8 Å². The summed E-state index contributed by atoms with van der Waals surface area (Å²) >= 11 is 0. The van der Waals surface area contributed by atoms with Gasteiger partial charge in [-0.3, -0.25) is 4.99 Å². The summed E-state index contributed by atoms with van der Waals surface area (Å²) in [6.45, 7) is 8.60. The zero-order chi connectivity index (χ0) is 25.6. The molecule has 0 spiro atoms. The van der Waals surface area contributed by atoms with Gasteiger partial charge in [0.05, 0.1) is 6.04 Å². The summed E-state index contributed by atoms with van der Waals surface area (Å²) in [6.07, 6.45) is 20.4. The van der Waals surface area contributed by atoms with E-state index in [1.54, 1.807) is 11.9 Å². The van der Waals surface area contributed by atoms with E-state index >= 15 is 0 Å². The maximum atomic E-state index is 4.58. The number of nitrogens with zero attached hydrogens (tertiary/aromatic N) is 3. The van der Waals surface area contributed by atoms with Crippen LogP contribution in [0.25, 0.3) is 16.5 Å². The summed E-state index contributed by atoms with van der Waals surface area (Å²) in [6, 6.07) is 7.66. The number of aliphatic imine (C=N–C) groups is 2. The first kappa shape index (κ1) is 24.6. The molecule has 2 bridgehead atoms. The zero-order valence-electron chi connectivity index (χ0n) is 23.3. The number of allylic oxidation sites excluding steroid dienone is 4. The first-order valence-electron chi connectivity index (χ1n) is 15.5. The molecule has 1 aromatic heterocycles. The highest BCUT2D eigenvalue weighted by Crippen LogP contribution is 2.49. The van der Waals surface area contributed by atoms with E-state index in [1.165, 1.54) is 85.9 Å². The van der Waals surface area contributed by atoms with Crippen LogP contribution in [0.4, 0.5) is 0 Å². The van der Waals surface area contributed by atoms with Crippen LogP contribution in [0.3, 0.4) is 0 Å². The molecule has 3 unspecified atom stereocenters. The van der Waals surface area contributed by atoms with Crippen LogP contribution in [0.5, 0.6) is 0 Å². The minimum atomic E-state index is 0.372. The average molecular weight is 509 g/mol. The van der Waals surface area contributed by atoms with E-state index in [4.69, 9.17) is 0 Å². The fourth-order valence-corrected chi connectivity index (χ4v) is 8.19. The second-order valence-corrected chi connectivity index (χ2v) is 13.2. The highest BCUT2D eigenvalue weighted by atomic mass is 15.1. The van der Waals surface area contributed by atoms with Gasteiger partial charge in [0, 0.05) is 35.3 Å². The van der Waals surface area contributed by atoms with Crippen LogP contribution in [0.2, 0.25) is 0 Å². The van der Waals surface area contributed by atoms with E-state index in [-0.39, 0.29) is 0 Å². The van der Waals surface area contributed by atoms with Gasteiger partial charge in [0.1, 0.15) is 6.34 Å². The first-order valence-corrected chi connectivity index (χ1v) is 15.5. The molecule has 4 nitrogen and oxygen atoms in total. The first-order chi connectivity index (χ1) is 18.6. The lowest BCUT2D eigenvalue weighted by molar-refractivity contribution is 0.182. The van der Waals surface area contributed by atoms with Crippen LogP contribution in [-0.4, -0.2) is 47.6 Å². The molecule has 2 aliphatic heterocycles. The number of benzene rings is 1. The smallest absolute Gasteiger partial charge is 0.110 e. The summed E-state index contributed by atoms with van der Waals surface area (Å²) in [5.74, 6) is 4.30. The maximum absolute atomic E-state index is 4.58. The Kier molecular flexibility index (Phi) is 6.63. The number of likely N-dealkylation sites (tertiary alicyclic amines) is 1. The predicted octanol–water partition coefficient (Wildman–Crippen LogP) is 7.88. The number of hydrogen-bond acceptors (Lipinski definition) is 3. The molecule has 0 radical (unpaired) electrons. The third-order valence-corrected chi connectivity index (χ3v) is 10.4. The van der Waals surface area contributed by atoms with Gasteiger partial charge in [0.25, 0.3) is 0 Å². The van der Waals surface area contributed by atoms with Crippen LogP contribution < -0.4 is 0 Å². The molecule has 3 atom stereocenters. The summed E-state index contributed by atoms with van der Waals surface area (Å²) in [7, 11) is 0. The van der Waals surface area contributed by atoms with Crippen molar-refractivity contribution in [2.24, 2.45) is 27.7 Å². The van der Waals surface area contributed by atoms with E-state index in [2.05, 4.69) is 70.1 Å². The normalized spacial score (nSPS) is 32.2. The molecule has 1 aromatic carbocycles. The molecule has 3 aliphatic carbocycles. The van der Waals surface area contributed by atoms with Gasteiger partial charge in [-0.25, -0.2) is 4.99 Å². The van der Waals surface area contributed by atoms with Gasteiger partial charge in [-0.2, -0.15) is 0 Å². The fourth-order valence-electron chi connectivity index (χ4n) is 8.19. The molecule has 1 saturated heterocycles. The Balaban J connectivity index is 1.10. The van der Waals surface area contributed by atoms with E-state index in [9.17, 15) is 0 Å². The number of piperidine rings is 1. The van der Waals surface area contributed by atoms with Gasteiger partial charge in [0.2, 0.25) is 0 Å². The van der Waals surface area contributed by atoms with Crippen molar-refractivity contribution in [2.75, 3.05) is 19.6 Å². The van der Waals surface area contributed by atoms with Crippen molar-refractivity contribution in [2.45, 2.75) is 89.5 Å². The van der Waals surface area contributed by atoms with Crippen molar-refractivity contribution in [3.8, 4) is 0 Å². The van der Waals surface area contributed by atoms with Gasteiger partial charge in [-0.15, -0.1) is 0 Å². The summed E-state index contributed by atoms with van der Waals surface area (Å²) < 4.78 is 0. The largest absolute Gasteiger partial charge is 0.354 e. The van der Waals surface area contributed by atoms with Crippen molar-refractivity contribution < 1.29 is 0 Å². The van der Waals surface area contributed by atoms with E-state index in [1.807, 2.05) is 0 Å². The van der Waals surface area contributed by atoms with Crippen molar-refractivity contribution in [1.29, 1.82) is 0 Å². The van der Waals surface area contributed by atoms with Gasteiger partial charge in [-0.05, 0) is 129 Å². The zero-order valence-corrected chi connectivity index (χ0v) is 23.3. The summed E-state index contributed by atoms with van der Waals surface area (Å²) in [4.78, 5) is 15.7. The van der Waals surface area contributed by atoms with E-state index in [0.29, 0.717) is 17.9 Å². The Hall–Kier alpha value is -2.46. The Morgan fingerprint density at radius 3 is 2.58 bits per heavy atom. The van der Waals surface area contributed by atoms with Crippen LogP contribution in [0.1, 0.15) is 100 Å². The minimum absolute atomic E-state index is 0.372. The molecular weight excluding hydrogens is 464 g/mol. The maximum Gasteiger partial charge on any atom is 0.110 e. The van der Waals surface area contributed by atoms with E-state index < -0.39 is 0 Å². The number of rotatable bonds is 5. The molecule has 7 rings (SSSR count). The molecule has 2 aromatic rings. The molecule has 5 aliphatic rings. The molecule has 2 saturated carbocycles. The second-order valence-electron chi connectivity index (χ2n) is 13.2. The quantitative estimate of drug-likeness (QED) is 0.438. The lowest BCUT2D eigenvalue weighted by Crippen LogP contribution is -2.36. The van der Waals surface area contributed by atoms with Crippen molar-refractivity contribution in [1.82, 2.24) is 9.88 Å². The molecule has 38 heavy (non-hydrogen) atoms. The predicted molar refractivity (Wildman–Crippen MR) is 160 cm³/mol. The van der Waals surface area contributed by atoms with Gasteiger partial charge >= 0.3 is 0 Å². The van der Waals surface area contributed by atoms with Crippen molar-refractivity contribution in [3.63, 3.8) is 0 Å². The monoisotopic (exact) mass is 508 g/mol. The third kappa shape index (κ3) is 4.74. The summed E-state index contributed by atoms with van der Waals surface area (Å²) in [5.41, 5.74) is 8.02. The highest BCUT2D eigenvalue weighted by Gasteiger charge is 2.40. The molecule has 0 amide bonds. The van der Waals surface area contributed by atoms with Crippen LogP contribution in [-0.2, 0) is 0 Å². The molecule has 1 N–H and O–H groups in total. The van der Waals surface area contributed by atoms with Gasteiger partial charge in [-0.1, -0.05) is 32.1 Å². The standard InChI is InChI=1S/C34H44N4/c1-22(2)33-31-18-28(24-12-14-38(15-13-24)20-23-16-26-6-7-27(26)17-23)9-11-32(31)37-34(33)25-4-3-5-29-19-30(10-8-25)36-21-35-29/h4,8-11,18,21-24,26-27,29,37H,3,5-7,12-17,19-20H2,1-2H3/b10-8-,25-4+. The topological polar surface area (TPSA) is 43.8 Å². The lowest BCUT2D eigenvalue weighted by atomic mass is 9.77. The van der Waals surface area contributed by atoms with Crippen molar-refractivity contribution in [3.05, 3.63) is 53.2 Å². The molecule has 3 fully saturated rings. The number of nitrogens with one attached hydrogen (secondary N) is 1.